The van der Waals surface area contributed by atoms with Crippen molar-refractivity contribution in [2.75, 3.05) is 18.5 Å². The molecular weight excluding hydrogens is 331 g/mol. The van der Waals surface area contributed by atoms with E-state index in [0.29, 0.717) is 18.7 Å². The molecule has 3 N–H and O–H groups in total. The number of carbonyl (C=O) groups excluding carboxylic acids is 1. The molecule has 1 aromatic heterocycles. The summed E-state index contributed by atoms with van der Waals surface area (Å²) in [5.41, 5.74) is 6.13. The Hall–Kier alpha value is -2.13. The Kier molecular flexibility index (Phi) is 5.56. The first-order valence-corrected chi connectivity index (χ1v) is 7.51. The highest BCUT2D eigenvalue weighted by Gasteiger charge is 2.28. The number of benzene rings is 1. The number of nitrogens with two attached hydrogens (primary N) is 1. The summed E-state index contributed by atoms with van der Waals surface area (Å²) in [7, 11) is 0. The second-order valence-electron chi connectivity index (χ2n) is 4.55. The number of hydrogen-bond donors (Lipinski definition) is 2. The highest BCUT2D eigenvalue weighted by molar-refractivity contribution is 7.09. The maximum absolute atomic E-state index is 12.0. The standard InChI is InChI=1S/C14H14F3N3O2S/c15-14(16,17)8-22-10-3-1-9(2-4-10)19-13(21)11-7-23-12(20-11)5-6-18/h1-4,7H,5-6,8,18H2,(H,19,21). The van der Waals surface area contributed by atoms with Gasteiger partial charge in [0.05, 0.1) is 5.01 Å². The van der Waals surface area contributed by atoms with Crippen LogP contribution < -0.4 is 15.8 Å². The average molecular weight is 345 g/mol. The third-order valence-electron chi connectivity index (χ3n) is 2.66. The third-order valence-corrected chi connectivity index (χ3v) is 3.57. The number of alkyl halides is 3. The summed E-state index contributed by atoms with van der Waals surface area (Å²) in [6, 6.07) is 5.61. The fraction of sp³-hybridized carbons (Fsp3) is 0.286. The van der Waals surface area contributed by atoms with E-state index in [1.807, 2.05) is 0 Å². The number of halogens is 3. The number of anilines is 1. The van der Waals surface area contributed by atoms with Crippen molar-refractivity contribution in [3.8, 4) is 5.75 Å². The predicted octanol–water partition coefficient (Wildman–Crippen LogP) is 2.84. The SMILES string of the molecule is NCCc1nc(C(=O)Nc2ccc(OCC(F)(F)F)cc2)cs1. The Morgan fingerprint density at radius 3 is 2.61 bits per heavy atom. The van der Waals surface area contributed by atoms with Crippen LogP contribution in [0, 0.1) is 0 Å². The number of nitrogens with one attached hydrogen (secondary N) is 1. The molecule has 0 aliphatic heterocycles. The van der Waals surface area contributed by atoms with E-state index in [1.54, 1.807) is 5.38 Å². The Morgan fingerprint density at radius 1 is 1.30 bits per heavy atom. The van der Waals surface area contributed by atoms with Gasteiger partial charge in [0, 0.05) is 17.5 Å². The zero-order chi connectivity index (χ0) is 16.9. The van der Waals surface area contributed by atoms with Gasteiger partial charge in [0.15, 0.2) is 6.61 Å². The lowest BCUT2D eigenvalue weighted by atomic mass is 10.3. The highest BCUT2D eigenvalue weighted by Crippen LogP contribution is 2.20. The number of nitrogens with zero attached hydrogens (tertiary/aromatic N) is 1. The number of hydrogen-bond acceptors (Lipinski definition) is 5. The van der Waals surface area contributed by atoms with Crippen LogP contribution >= 0.6 is 11.3 Å². The Labute approximate surface area is 134 Å². The van der Waals surface area contributed by atoms with Crippen molar-refractivity contribution in [1.82, 2.24) is 4.98 Å². The molecular formula is C14H14F3N3O2S. The van der Waals surface area contributed by atoms with Gasteiger partial charge in [-0.3, -0.25) is 4.79 Å². The van der Waals surface area contributed by atoms with E-state index in [1.165, 1.54) is 35.6 Å². The van der Waals surface area contributed by atoms with Gasteiger partial charge in [-0.2, -0.15) is 13.2 Å². The molecule has 0 radical (unpaired) electrons. The largest absolute Gasteiger partial charge is 0.484 e. The van der Waals surface area contributed by atoms with Gasteiger partial charge >= 0.3 is 6.18 Å². The second-order valence-corrected chi connectivity index (χ2v) is 5.49. The summed E-state index contributed by atoms with van der Waals surface area (Å²) >= 11 is 1.35. The molecule has 0 atom stereocenters. The van der Waals surface area contributed by atoms with Gasteiger partial charge in [-0.1, -0.05) is 0 Å². The quantitative estimate of drug-likeness (QED) is 0.844. The van der Waals surface area contributed by atoms with E-state index in [9.17, 15) is 18.0 Å². The van der Waals surface area contributed by atoms with Crippen LogP contribution in [-0.4, -0.2) is 30.2 Å². The number of carbonyl (C=O) groups is 1. The summed E-state index contributed by atoms with van der Waals surface area (Å²) < 4.78 is 40.7. The molecule has 0 bridgehead atoms. The molecule has 2 aromatic rings. The summed E-state index contributed by atoms with van der Waals surface area (Å²) in [6.07, 6.45) is -3.79. The highest BCUT2D eigenvalue weighted by atomic mass is 32.1. The van der Waals surface area contributed by atoms with Gasteiger partial charge in [-0.05, 0) is 30.8 Å². The van der Waals surface area contributed by atoms with E-state index in [-0.39, 0.29) is 11.4 Å². The van der Waals surface area contributed by atoms with Crippen molar-refractivity contribution < 1.29 is 22.7 Å². The topological polar surface area (TPSA) is 77.2 Å². The lowest BCUT2D eigenvalue weighted by Crippen LogP contribution is -2.19. The van der Waals surface area contributed by atoms with E-state index < -0.39 is 18.7 Å². The first kappa shape index (κ1) is 17.2. The Bertz CT molecular complexity index is 656. The molecule has 1 heterocycles. The summed E-state index contributed by atoms with van der Waals surface area (Å²) in [5.74, 6) is -0.326. The summed E-state index contributed by atoms with van der Waals surface area (Å²) in [4.78, 5) is 16.1. The molecule has 0 fully saturated rings. The Balaban J connectivity index is 1.93. The van der Waals surface area contributed by atoms with Gasteiger partial charge in [0.25, 0.3) is 5.91 Å². The fourth-order valence-electron chi connectivity index (χ4n) is 1.65. The van der Waals surface area contributed by atoms with Gasteiger partial charge in [0.1, 0.15) is 11.4 Å². The van der Waals surface area contributed by atoms with Gasteiger partial charge in [0.2, 0.25) is 0 Å². The van der Waals surface area contributed by atoms with Crippen molar-refractivity contribution in [2.45, 2.75) is 12.6 Å². The molecule has 2 rings (SSSR count). The van der Waals surface area contributed by atoms with Crippen molar-refractivity contribution in [1.29, 1.82) is 0 Å². The van der Waals surface area contributed by atoms with Crippen LogP contribution in [0.1, 0.15) is 15.5 Å². The third kappa shape index (κ3) is 5.53. The van der Waals surface area contributed by atoms with Crippen LogP contribution in [0.15, 0.2) is 29.6 Å². The van der Waals surface area contributed by atoms with E-state index in [2.05, 4.69) is 15.0 Å². The molecule has 0 saturated heterocycles. The monoisotopic (exact) mass is 345 g/mol. The van der Waals surface area contributed by atoms with E-state index in [0.717, 1.165) is 5.01 Å². The molecule has 0 aliphatic rings. The zero-order valence-corrected chi connectivity index (χ0v) is 12.7. The molecule has 0 unspecified atom stereocenters. The molecule has 5 nitrogen and oxygen atoms in total. The minimum Gasteiger partial charge on any atom is -0.484 e. The normalized spacial score (nSPS) is 11.3. The van der Waals surface area contributed by atoms with Crippen molar-refractivity contribution in [3.05, 3.63) is 40.3 Å². The fourth-order valence-corrected chi connectivity index (χ4v) is 2.44. The maximum atomic E-state index is 12.0. The van der Waals surface area contributed by atoms with Crippen molar-refractivity contribution in [2.24, 2.45) is 5.73 Å². The van der Waals surface area contributed by atoms with Crippen LogP contribution in [0.4, 0.5) is 18.9 Å². The maximum Gasteiger partial charge on any atom is 0.422 e. The number of rotatable bonds is 6. The van der Waals surface area contributed by atoms with Gasteiger partial charge < -0.3 is 15.8 Å². The minimum atomic E-state index is -4.39. The lowest BCUT2D eigenvalue weighted by molar-refractivity contribution is -0.153. The van der Waals surface area contributed by atoms with Gasteiger partial charge in [-0.15, -0.1) is 11.3 Å². The lowest BCUT2D eigenvalue weighted by Gasteiger charge is -2.09. The molecule has 23 heavy (non-hydrogen) atoms. The predicted molar refractivity (Wildman–Crippen MR) is 80.8 cm³/mol. The zero-order valence-electron chi connectivity index (χ0n) is 11.9. The first-order valence-electron chi connectivity index (χ1n) is 6.63. The number of ether oxygens (including phenoxy) is 1. The summed E-state index contributed by atoms with van der Waals surface area (Å²) in [5, 5.41) is 5.01. The molecule has 124 valence electrons. The Morgan fingerprint density at radius 2 is 2.00 bits per heavy atom. The molecule has 1 amide bonds. The molecule has 0 spiro atoms. The molecule has 9 heteroatoms. The molecule has 0 saturated carbocycles. The second kappa shape index (κ2) is 7.42. The molecule has 1 aromatic carbocycles. The number of thiazole rings is 1. The number of aromatic nitrogens is 1. The average Bonchev–Trinajstić information content (AvgIpc) is 2.95. The molecule has 0 aliphatic carbocycles. The smallest absolute Gasteiger partial charge is 0.422 e. The first-order chi connectivity index (χ1) is 10.9. The minimum absolute atomic E-state index is 0.0687. The number of amides is 1. The van der Waals surface area contributed by atoms with Crippen LogP contribution in [0.2, 0.25) is 0 Å². The van der Waals surface area contributed by atoms with Crippen molar-refractivity contribution in [3.63, 3.8) is 0 Å². The van der Waals surface area contributed by atoms with Gasteiger partial charge in [-0.25, -0.2) is 4.98 Å². The van der Waals surface area contributed by atoms with E-state index in [4.69, 9.17) is 5.73 Å². The van der Waals surface area contributed by atoms with Crippen LogP contribution in [0.5, 0.6) is 5.75 Å². The van der Waals surface area contributed by atoms with E-state index >= 15 is 0 Å². The summed E-state index contributed by atoms with van der Waals surface area (Å²) in [6.45, 7) is -0.907. The van der Waals surface area contributed by atoms with Crippen LogP contribution in [0.25, 0.3) is 0 Å². The van der Waals surface area contributed by atoms with Crippen LogP contribution in [-0.2, 0) is 6.42 Å². The van der Waals surface area contributed by atoms with Crippen molar-refractivity contribution >= 4 is 22.9 Å². The van der Waals surface area contributed by atoms with Crippen LogP contribution in [0.3, 0.4) is 0 Å².